The van der Waals surface area contributed by atoms with E-state index < -0.39 is 11.8 Å². The second kappa shape index (κ2) is 8.03. The third-order valence-electron chi connectivity index (χ3n) is 2.99. The lowest BCUT2D eigenvalue weighted by Gasteiger charge is -2.10. The molecular formula is C15H16Cl2N4O3. The first-order chi connectivity index (χ1) is 11.3. The number of carbonyl (C=O) groups is 2. The Morgan fingerprint density at radius 2 is 1.88 bits per heavy atom. The molecule has 0 spiro atoms. The summed E-state index contributed by atoms with van der Waals surface area (Å²) >= 11 is 11.7. The maximum absolute atomic E-state index is 11.8. The summed E-state index contributed by atoms with van der Waals surface area (Å²) in [6, 6.07) is 6.52. The summed E-state index contributed by atoms with van der Waals surface area (Å²) in [6.45, 7) is 3.36. The minimum atomic E-state index is -0.534. The number of aryl methyl sites for hydroxylation is 2. The normalized spacial score (nSPS) is 10.3. The minimum Gasteiger partial charge on any atom is -0.482 e. The Bertz CT molecular complexity index is 761. The summed E-state index contributed by atoms with van der Waals surface area (Å²) in [5.74, 6) is -0.656. The van der Waals surface area contributed by atoms with Crippen LogP contribution in [0.4, 0.5) is 0 Å². The van der Waals surface area contributed by atoms with Crippen LogP contribution in [0.25, 0.3) is 0 Å². The molecule has 2 amide bonds. The van der Waals surface area contributed by atoms with Gasteiger partial charge in [-0.2, -0.15) is 5.10 Å². The number of rotatable bonds is 5. The van der Waals surface area contributed by atoms with Crippen molar-refractivity contribution in [2.24, 2.45) is 0 Å². The van der Waals surface area contributed by atoms with Gasteiger partial charge < -0.3 is 4.74 Å². The Balaban J connectivity index is 1.77. The third kappa shape index (κ3) is 5.14. The van der Waals surface area contributed by atoms with Gasteiger partial charge in [0.1, 0.15) is 12.3 Å². The molecule has 9 heteroatoms. The molecule has 0 saturated carbocycles. The number of aromatic nitrogens is 2. The van der Waals surface area contributed by atoms with Crippen LogP contribution in [0, 0.1) is 13.8 Å². The van der Waals surface area contributed by atoms with E-state index in [9.17, 15) is 9.59 Å². The molecule has 1 heterocycles. The van der Waals surface area contributed by atoms with Crippen molar-refractivity contribution in [3.8, 4) is 5.75 Å². The molecule has 1 aromatic heterocycles. The first kappa shape index (κ1) is 18.1. The van der Waals surface area contributed by atoms with E-state index in [1.165, 1.54) is 6.07 Å². The van der Waals surface area contributed by atoms with Crippen LogP contribution < -0.4 is 15.6 Å². The van der Waals surface area contributed by atoms with E-state index in [4.69, 9.17) is 27.9 Å². The summed E-state index contributed by atoms with van der Waals surface area (Å²) < 4.78 is 6.80. The van der Waals surface area contributed by atoms with E-state index >= 15 is 0 Å². The number of benzene rings is 1. The van der Waals surface area contributed by atoms with Crippen LogP contribution in [0.3, 0.4) is 0 Å². The number of halogens is 2. The highest BCUT2D eigenvalue weighted by atomic mass is 35.5. The van der Waals surface area contributed by atoms with Gasteiger partial charge in [-0.05, 0) is 32.0 Å². The quantitative estimate of drug-likeness (QED) is 0.788. The van der Waals surface area contributed by atoms with Gasteiger partial charge in [-0.1, -0.05) is 23.2 Å². The molecule has 0 aliphatic heterocycles. The van der Waals surface area contributed by atoms with Gasteiger partial charge in [-0.25, -0.2) is 0 Å². The standard InChI is InChI=1S/C15H16Cl2N4O3/c1-9-5-10(2)21(20-9)7-14(22)18-19-15(23)8-24-13-6-11(16)3-4-12(13)17/h3-6H,7-8H2,1-2H3,(H,18,22)(H,19,23). The lowest BCUT2D eigenvalue weighted by molar-refractivity contribution is -0.130. The predicted octanol–water partition coefficient (Wildman–Crippen LogP) is 2.03. The number of hydrogen-bond acceptors (Lipinski definition) is 4. The number of nitrogens with one attached hydrogen (secondary N) is 2. The summed E-state index contributed by atoms with van der Waals surface area (Å²) in [5.41, 5.74) is 6.21. The third-order valence-corrected chi connectivity index (χ3v) is 3.54. The Kier molecular flexibility index (Phi) is 6.05. The molecule has 0 fully saturated rings. The van der Waals surface area contributed by atoms with Crippen LogP contribution in [0.5, 0.6) is 5.75 Å². The zero-order valence-electron chi connectivity index (χ0n) is 13.1. The van der Waals surface area contributed by atoms with Crippen molar-refractivity contribution in [1.82, 2.24) is 20.6 Å². The first-order valence-electron chi connectivity index (χ1n) is 7.01. The lowest BCUT2D eigenvalue weighted by Crippen LogP contribution is -2.45. The molecule has 128 valence electrons. The Morgan fingerprint density at radius 1 is 1.17 bits per heavy atom. The molecule has 0 unspecified atom stereocenters. The van der Waals surface area contributed by atoms with Crippen LogP contribution in [0.2, 0.25) is 10.0 Å². The topological polar surface area (TPSA) is 85.2 Å². The van der Waals surface area contributed by atoms with Crippen molar-refractivity contribution < 1.29 is 14.3 Å². The maximum Gasteiger partial charge on any atom is 0.276 e. The molecule has 1 aromatic carbocycles. The van der Waals surface area contributed by atoms with Crippen LogP contribution in [-0.2, 0) is 16.1 Å². The van der Waals surface area contributed by atoms with E-state index in [-0.39, 0.29) is 18.9 Å². The number of nitrogens with zero attached hydrogens (tertiary/aromatic N) is 2. The van der Waals surface area contributed by atoms with Crippen molar-refractivity contribution in [1.29, 1.82) is 0 Å². The molecule has 0 atom stereocenters. The van der Waals surface area contributed by atoms with Crippen LogP contribution in [0.1, 0.15) is 11.4 Å². The fraction of sp³-hybridized carbons (Fsp3) is 0.267. The van der Waals surface area contributed by atoms with E-state index in [0.717, 1.165) is 11.4 Å². The minimum absolute atomic E-state index is 0.000924. The van der Waals surface area contributed by atoms with E-state index in [1.54, 1.807) is 16.8 Å². The number of hydrazine groups is 1. The molecule has 0 radical (unpaired) electrons. The van der Waals surface area contributed by atoms with Crippen molar-refractivity contribution >= 4 is 35.0 Å². The Hall–Kier alpha value is -2.25. The summed E-state index contributed by atoms with van der Waals surface area (Å²) in [7, 11) is 0. The molecule has 2 aromatic rings. The highest BCUT2D eigenvalue weighted by Crippen LogP contribution is 2.27. The van der Waals surface area contributed by atoms with Gasteiger partial charge in [0.25, 0.3) is 11.8 Å². The van der Waals surface area contributed by atoms with E-state index in [0.29, 0.717) is 10.0 Å². The number of carbonyl (C=O) groups excluding carboxylic acids is 2. The van der Waals surface area contributed by atoms with Crippen LogP contribution in [0.15, 0.2) is 24.3 Å². The average molecular weight is 371 g/mol. The Labute approximate surface area is 148 Å². The van der Waals surface area contributed by atoms with Gasteiger partial charge in [0, 0.05) is 16.8 Å². The van der Waals surface area contributed by atoms with E-state index in [1.807, 2.05) is 19.9 Å². The zero-order chi connectivity index (χ0) is 17.7. The lowest BCUT2D eigenvalue weighted by atomic mass is 10.3. The number of ether oxygens (including phenoxy) is 1. The second-order valence-corrected chi connectivity index (χ2v) is 5.89. The molecule has 0 aliphatic rings. The van der Waals surface area contributed by atoms with Gasteiger partial charge in [0.05, 0.1) is 10.7 Å². The SMILES string of the molecule is Cc1cc(C)n(CC(=O)NNC(=O)COc2cc(Cl)ccc2Cl)n1. The average Bonchev–Trinajstić information content (AvgIpc) is 2.83. The van der Waals surface area contributed by atoms with Crippen molar-refractivity contribution in [2.75, 3.05) is 6.61 Å². The molecule has 0 saturated heterocycles. The Morgan fingerprint density at radius 3 is 2.54 bits per heavy atom. The van der Waals surface area contributed by atoms with Gasteiger partial charge in [-0.3, -0.25) is 25.1 Å². The largest absolute Gasteiger partial charge is 0.482 e. The van der Waals surface area contributed by atoms with Crippen LogP contribution >= 0.6 is 23.2 Å². The van der Waals surface area contributed by atoms with Gasteiger partial charge >= 0.3 is 0 Å². The number of hydrogen-bond donors (Lipinski definition) is 2. The number of amides is 2. The monoisotopic (exact) mass is 370 g/mol. The van der Waals surface area contributed by atoms with Gasteiger partial charge in [-0.15, -0.1) is 0 Å². The van der Waals surface area contributed by atoms with E-state index in [2.05, 4.69) is 16.0 Å². The summed E-state index contributed by atoms with van der Waals surface area (Å²) in [6.07, 6.45) is 0. The molecule has 0 aliphatic carbocycles. The molecular weight excluding hydrogens is 355 g/mol. The maximum atomic E-state index is 11.8. The fourth-order valence-electron chi connectivity index (χ4n) is 1.92. The molecule has 7 nitrogen and oxygen atoms in total. The van der Waals surface area contributed by atoms with Crippen molar-refractivity contribution in [3.05, 3.63) is 45.7 Å². The molecule has 2 N–H and O–H groups in total. The second-order valence-electron chi connectivity index (χ2n) is 5.04. The highest BCUT2D eigenvalue weighted by Gasteiger charge is 2.10. The molecule has 24 heavy (non-hydrogen) atoms. The highest BCUT2D eigenvalue weighted by molar-refractivity contribution is 6.34. The van der Waals surface area contributed by atoms with Gasteiger partial charge in [0.2, 0.25) is 0 Å². The zero-order valence-corrected chi connectivity index (χ0v) is 14.6. The molecule has 2 rings (SSSR count). The van der Waals surface area contributed by atoms with Crippen molar-refractivity contribution in [2.45, 2.75) is 20.4 Å². The summed E-state index contributed by atoms with van der Waals surface area (Å²) in [5, 5.41) is 4.93. The first-order valence-corrected chi connectivity index (χ1v) is 7.77. The van der Waals surface area contributed by atoms with Gasteiger partial charge in [0.15, 0.2) is 6.61 Å². The molecule has 0 bridgehead atoms. The fourth-order valence-corrected chi connectivity index (χ4v) is 2.25. The smallest absolute Gasteiger partial charge is 0.276 e. The van der Waals surface area contributed by atoms with Crippen molar-refractivity contribution in [3.63, 3.8) is 0 Å². The predicted molar refractivity (Wildman–Crippen MR) is 89.9 cm³/mol. The summed E-state index contributed by atoms with van der Waals surface area (Å²) in [4.78, 5) is 23.5. The van der Waals surface area contributed by atoms with Crippen LogP contribution in [-0.4, -0.2) is 28.2 Å².